The lowest BCUT2D eigenvalue weighted by molar-refractivity contribution is 0.233. The smallest absolute Gasteiger partial charge is 0.102 e. The van der Waals surface area contributed by atoms with Gasteiger partial charge >= 0.3 is 0 Å². The van der Waals surface area contributed by atoms with E-state index in [0.717, 1.165) is 30.0 Å². The fourth-order valence-electron chi connectivity index (χ4n) is 1.09. The lowest BCUT2D eigenvalue weighted by atomic mass is 10.2. The Morgan fingerprint density at radius 2 is 2.45 bits per heavy atom. The molecule has 1 aliphatic rings. The third-order valence-corrected chi connectivity index (χ3v) is 2.49. The summed E-state index contributed by atoms with van der Waals surface area (Å²) < 4.78 is 0. The number of allylic oxidation sites excluding steroid dienone is 1. The molecule has 0 saturated carbocycles. The molecule has 2 nitrogen and oxygen atoms in total. The summed E-state index contributed by atoms with van der Waals surface area (Å²) in [4.78, 5) is 4.21. The third-order valence-electron chi connectivity index (χ3n) is 1.71. The van der Waals surface area contributed by atoms with Crippen molar-refractivity contribution >= 4 is 16.8 Å². The highest BCUT2D eigenvalue weighted by molar-refractivity contribution is 8.13. The lowest BCUT2D eigenvalue weighted by Gasteiger charge is -2.06. The van der Waals surface area contributed by atoms with E-state index in [9.17, 15) is 5.11 Å². The average Bonchev–Trinajstić information content (AvgIpc) is 2.13. The monoisotopic (exact) mass is 171 g/mol. The summed E-state index contributed by atoms with van der Waals surface area (Å²) in [5, 5.41) is 10.3. The van der Waals surface area contributed by atoms with Gasteiger partial charge < -0.3 is 5.11 Å². The first-order chi connectivity index (χ1) is 5.24. The number of thioether (sulfide) groups is 1. The van der Waals surface area contributed by atoms with Gasteiger partial charge in [0.15, 0.2) is 0 Å². The molecule has 0 aromatic rings. The Morgan fingerprint density at radius 1 is 1.73 bits per heavy atom. The van der Waals surface area contributed by atoms with Crippen molar-refractivity contribution in [1.29, 1.82) is 0 Å². The first-order valence-electron chi connectivity index (χ1n) is 3.72. The van der Waals surface area contributed by atoms with Crippen molar-refractivity contribution in [2.45, 2.75) is 25.4 Å². The fraction of sp³-hybridized carbons (Fsp3) is 0.625. The Labute approximate surface area is 71.4 Å². The third kappa shape index (κ3) is 2.34. The van der Waals surface area contributed by atoms with Gasteiger partial charge in [-0.3, -0.25) is 0 Å². The summed E-state index contributed by atoms with van der Waals surface area (Å²) >= 11 is 1.51. The van der Waals surface area contributed by atoms with E-state index in [1.165, 1.54) is 11.8 Å². The Kier molecular flexibility index (Phi) is 3.15. The molecular formula is C8H13NOS. The minimum atomic E-state index is -0.357. The Hall–Kier alpha value is -0.280. The molecule has 62 valence electrons. The molecule has 0 amide bonds. The first-order valence-corrected chi connectivity index (χ1v) is 4.95. The zero-order chi connectivity index (χ0) is 8.27. The van der Waals surface area contributed by atoms with Crippen LogP contribution >= 0.6 is 11.8 Å². The second-order valence-electron chi connectivity index (χ2n) is 2.63. The van der Waals surface area contributed by atoms with Crippen LogP contribution in [0.5, 0.6) is 0 Å². The number of nitrogens with zero attached hydrogens (tertiary/aromatic N) is 1. The molecule has 11 heavy (non-hydrogen) atoms. The molecule has 1 rings (SSSR count). The summed E-state index contributed by atoms with van der Waals surface area (Å²) in [6.07, 6.45) is 4.30. The molecule has 0 aromatic heterocycles. The zero-order valence-corrected chi connectivity index (χ0v) is 7.52. The van der Waals surface area contributed by atoms with Crippen LogP contribution in [0.2, 0.25) is 0 Å². The van der Waals surface area contributed by atoms with Crippen LogP contribution in [0.4, 0.5) is 0 Å². The maximum Gasteiger partial charge on any atom is 0.102 e. The molecule has 1 atom stereocenters. The van der Waals surface area contributed by atoms with Gasteiger partial charge in [0.2, 0.25) is 0 Å². The van der Waals surface area contributed by atoms with E-state index < -0.39 is 0 Å². The fourth-order valence-corrected chi connectivity index (χ4v) is 1.70. The number of aliphatic hydroxyl groups excluding tert-OH is 1. The number of hydrogen-bond donors (Lipinski definition) is 1. The standard InChI is InChI=1S/C8H13NOS/c1-6-4-3-5-7(10)8(9-6)11-2/h7,10H,1,3-5H2,2H3. The summed E-state index contributed by atoms with van der Waals surface area (Å²) in [5.41, 5.74) is 0.894. The summed E-state index contributed by atoms with van der Waals surface area (Å²) in [6.45, 7) is 3.79. The average molecular weight is 171 g/mol. The van der Waals surface area contributed by atoms with Crippen molar-refractivity contribution in [2.75, 3.05) is 6.26 Å². The Balaban J connectivity index is 2.73. The van der Waals surface area contributed by atoms with Gasteiger partial charge in [-0.25, -0.2) is 4.99 Å². The predicted molar refractivity (Wildman–Crippen MR) is 49.9 cm³/mol. The van der Waals surface area contributed by atoms with Crippen LogP contribution < -0.4 is 0 Å². The van der Waals surface area contributed by atoms with Crippen LogP contribution in [-0.2, 0) is 0 Å². The maximum atomic E-state index is 9.47. The second kappa shape index (κ2) is 3.93. The summed E-state index contributed by atoms with van der Waals surface area (Å²) in [6, 6.07) is 0. The molecule has 0 saturated heterocycles. The Bertz CT molecular complexity index is 189. The molecule has 0 aromatic carbocycles. The van der Waals surface area contributed by atoms with Gasteiger partial charge in [-0.2, -0.15) is 0 Å². The highest BCUT2D eigenvalue weighted by Crippen LogP contribution is 2.19. The molecule has 0 fully saturated rings. The van der Waals surface area contributed by atoms with Crippen molar-refractivity contribution in [1.82, 2.24) is 0 Å². The predicted octanol–water partition coefficient (Wildman–Crippen LogP) is 1.81. The quantitative estimate of drug-likeness (QED) is 0.603. The first kappa shape index (κ1) is 8.81. The van der Waals surface area contributed by atoms with Gasteiger partial charge in [0.25, 0.3) is 0 Å². The van der Waals surface area contributed by atoms with Gasteiger partial charge in [-0.15, -0.1) is 11.8 Å². The van der Waals surface area contributed by atoms with E-state index in [4.69, 9.17) is 0 Å². The molecule has 0 aliphatic carbocycles. The minimum Gasteiger partial charge on any atom is -0.386 e. The van der Waals surface area contributed by atoms with E-state index in [1.807, 2.05) is 6.26 Å². The van der Waals surface area contributed by atoms with Gasteiger partial charge in [-0.05, 0) is 25.5 Å². The number of aliphatic hydroxyl groups is 1. The summed E-state index contributed by atoms with van der Waals surface area (Å²) in [7, 11) is 0. The van der Waals surface area contributed by atoms with Crippen molar-refractivity contribution in [3.63, 3.8) is 0 Å². The SMILES string of the molecule is C=C1CCCC(O)C(SC)=N1. The molecule has 3 heteroatoms. The van der Waals surface area contributed by atoms with Gasteiger partial charge in [-0.1, -0.05) is 6.58 Å². The summed E-state index contributed by atoms with van der Waals surface area (Å²) in [5.74, 6) is 0. The number of aliphatic imine (C=N–C) groups is 1. The highest BCUT2D eigenvalue weighted by atomic mass is 32.2. The topological polar surface area (TPSA) is 32.6 Å². The van der Waals surface area contributed by atoms with E-state index in [2.05, 4.69) is 11.6 Å². The van der Waals surface area contributed by atoms with E-state index in [-0.39, 0.29) is 6.10 Å². The van der Waals surface area contributed by atoms with Crippen molar-refractivity contribution in [3.05, 3.63) is 12.3 Å². The molecule has 0 bridgehead atoms. The highest BCUT2D eigenvalue weighted by Gasteiger charge is 2.14. The van der Waals surface area contributed by atoms with E-state index in [1.54, 1.807) is 0 Å². The molecule has 1 unspecified atom stereocenters. The van der Waals surface area contributed by atoms with Crippen LogP contribution in [0.1, 0.15) is 19.3 Å². The van der Waals surface area contributed by atoms with Crippen LogP contribution in [0, 0.1) is 0 Å². The molecular weight excluding hydrogens is 158 g/mol. The zero-order valence-electron chi connectivity index (χ0n) is 6.71. The molecule has 1 heterocycles. The van der Waals surface area contributed by atoms with Gasteiger partial charge in [0, 0.05) is 5.70 Å². The minimum absolute atomic E-state index is 0.357. The lowest BCUT2D eigenvalue weighted by Crippen LogP contribution is -2.15. The van der Waals surface area contributed by atoms with Crippen LogP contribution in [-0.4, -0.2) is 22.5 Å². The van der Waals surface area contributed by atoms with E-state index in [0.29, 0.717) is 0 Å². The van der Waals surface area contributed by atoms with Gasteiger partial charge in [0.1, 0.15) is 11.1 Å². The molecule has 1 N–H and O–H groups in total. The number of rotatable bonds is 0. The Morgan fingerprint density at radius 3 is 3.09 bits per heavy atom. The van der Waals surface area contributed by atoms with Crippen LogP contribution in [0.3, 0.4) is 0 Å². The molecule has 0 spiro atoms. The molecule has 0 radical (unpaired) electrons. The van der Waals surface area contributed by atoms with E-state index >= 15 is 0 Å². The van der Waals surface area contributed by atoms with Crippen molar-refractivity contribution < 1.29 is 5.11 Å². The van der Waals surface area contributed by atoms with Crippen LogP contribution in [0.15, 0.2) is 17.3 Å². The second-order valence-corrected chi connectivity index (χ2v) is 3.45. The molecule has 1 aliphatic heterocycles. The van der Waals surface area contributed by atoms with Crippen LogP contribution in [0.25, 0.3) is 0 Å². The maximum absolute atomic E-state index is 9.47. The van der Waals surface area contributed by atoms with Crippen molar-refractivity contribution in [2.24, 2.45) is 4.99 Å². The number of hydrogen-bond acceptors (Lipinski definition) is 3. The largest absolute Gasteiger partial charge is 0.386 e. The van der Waals surface area contributed by atoms with Gasteiger partial charge in [0.05, 0.1) is 0 Å². The normalized spacial score (nSPS) is 26.2. The van der Waals surface area contributed by atoms with Crippen molar-refractivity contribution in [3.8, 4) is 0 Å².